The van der Waals surface area contributed by atoms with Gasteiger partial charge in [-0.3, -0.25) is 4.99 Å². The number of thiazole rings is 1. The number of guanidine groups is 1. The average molecular weight is 338 g/mol. The highest BCUT2D eigenvalue weighted by molar-refractivity contribution is 7.11. The maximum Gasteiger partial charge on any atom is 0.191 e. The van der Waals surface area contributed by atoms with Crippen LogP contribution in [0.15, 0.2) is 23.2 Å². The Morgan fingerprint density at radius 3 is 2.43 bits per heavy atom. The quantitative estimate of drug-likeness (QED) is 0.651. The van der Waals surface area contributed by atoms with Crippen molar-refractivity contribution in [2.24, 2.45) is 4.99 Å². The first kappa shape index (κ1) is 17.3. The first-order valence-corrected chi connectivity index (χ1v) is 8.12. The molecule has 4 nitrogen and oxygen atoms in total. The summed E-state index contributed by atoms with van der Waals surface area (Å²) in [5.74, 6) is -0.468. The van der Waals surface area contributed by atoms with Gasteiger partial charge in [-0.1, -0.05) is 0 Å². The van der Waals surface area contributed by atoms with Gasteiger partial charge in [0.15, 0.2) is 5.96 Å². The second-order valence-electron chi connectivity index (χ2n) is 5.12. The summed E-state index contributed by atoms with van der Waals surface area (Å²) in [6.45, 7) is 5.14. The molecule has 0 saturated heterocycles. The smallest absolute Gasteiger partial charge is 0.191 e. The molecular formula is C16H20F2N4S. The predicted molar refractivity (Wildman–Crippen MR) is 89.9 cm³/mol. The molecule has 1 heterocycles. The van der Waals surface area contributed by atoms with Gasteiger partial charge in [-0.15, -0.1) is 11.3 Å². The standard InChI is InChI=1S/C16H20F2N4S/c1-10-15(23-11(2)22-10)9-21-16(19-3)20-5-4-12-6-13(17)8-14(18)7-12/h6-8H,4-5,9H2,1-3H3,(H2,19,20,21). The monoisotopic (exact) mass is 338 g/mol. The van der Waals surface area contributed by atoms with E-state index in [2.05, 4.69) is 20.6 Å². The van der Waals surface area contributed by atoms with Crippen molar-refractivity contribution < 1.29 is 8.78 Å². The molecule has 124 valence electrons. The maximum atomic E-state index is 13.1. The van der Waals surface area contributed by atoms with Crippen molar-refractivity contribution in [3.05, 3.63) is 51.0 Å². The Kier molecular flexibility index (Phi) is 6.04. The molecule has 0 unspecified atom stereocenters. The first-order valence-electron chi connectivity index (χ1n) is 7.30. The van der Waals surface area contributed by atoms with Gasteiger partial charge in [-0.25, -0.2) is 13.8 Å². The van der Waals surface area contributed by atoms with Gasteiger partial charge in [-0.05, 0) is 38.0 Å². The van der Waals surface area contributed by atoms with Gasteiger partial charge >= 0.3 is 0 Å². The fourth-order valence-corrected chi connectivity index (χ4v) is 3.08. The topological polar surface area (TPSA) is 49.3 Å². The van der Waals surface area contributed by atoms with E-state index in [1.54, 1.807) is 18.4 Å². The Morgan fingerprint density at radius 2 is 1.87 bits per heavy atom. The van der Waals surface area contributed by atoms with E-state index in [9.17, 15) is 8.78 Å². The molecule has 0 bridgehead atoms. The number of halogens is 2. The van der Waals surface area contributed by atoms with Crippen LogP contribution in [-0.2, 0) is 13.0 Å². The van der Waals surface area contributed by atoms with Crippen LogP contribution in [0, 0.1) is 25.5 Å². The number of aryl methyl sites for hydroxylation is 2. The Bertz CT molecular complexity index is 677. The summed E-state index contributed by atoms with van der Waals surface area (Å²) in [7, 11) is 1.68. The summed E-state index contributed by atoms with van der Waals surface area (Å²) in [5.41, 5.74) is 1.63. The SMILES string of the molecule is CN=C(NCCc1cc(F)cc(F)c1)NCc1sc(C)nc1C. The normalized spacial score (nSPS) is 11.6. The van der Waals surface area contributed by atoms with E-state index in [1.807, 2.05) is 13.8 Å². The lowest BCUT2D eigenvalue weighted by Gasteiger charge is -2.11. The second kappa shape index (κ2) is 8.01. The van der Waals surface area contributed by atoms with E-state index in [4.69, 9.17) is 0 Å². The number of hydrogen-bond acceptors (Lipinski definition) is 3. The van der Waals surface area contributed by atoms with Gasteiger partial charge in [0.2, 0.25) is 0 Å². The summed E-state index contributed by atoms with van der Waals surface area (Å²) in [6.07, 6.45) is 0.508. The molecule has 23 heavy (non-hydrogen) atoms. The number of aromatic nitrogens is 1. The third-order valence-corrected chi connectivity index (χ3v) is 4.34. The molecule has 0 fully saturated rings. The molecule has 2 N–H and O–H groups in total. The predicted octanol–water partition coefficient (Wildman–Crippen LogP) is 2.95. The fraction of sp³-hybridized carbons (Fsp3) is 0.375. The van der Waals surface area contributed by atoms with Gasteiger partial charge in [-0.2, -0.15) is 0 Å². The molecule has 0 spiro atoms. The van der Waals surface area contributed by atoms with E-state index < -0.39 is 11.6 Å². The van der Waals surface area contributed by atoms with E-state index >= 15 is 0 Å². The zero-order valence-corrected chi connectivity index (χ0v) is 14.2. The van der Waals surface area contributed by atoms with Crippen LogP contribution in [0.25, 0.3) is 0 Å². The Morgan fingerprint density at radius 1 is 1.17 bits per heavy atom. The van der Waals surface area contributed by atoms with Crippen LogP contribution in [0.5, 0.6) is 0 Å². The van der Waals surface area contributed by atoms with E-state index in [0.717, 1.165) is 21.6 Å². The van der Waals surface area contributed by atoms with Crippen LogP contribution in [-0.4, -0.2) is 24.5 Å². The highest BCUT2D eigenvalue weighted by Gasteiger charge is 2.06. The number of rotatable bonds is 5. The van der Waals surface area contributed by atoms with Gasteiger partial charge < -0.3 is 10.6 Å². The number of nitrogens with one attached hydrogen (secondary N) is 2. The minimum atomic E-state index is -0.557. The van der Waals surface area contributed by atoms with E-state index in [1.165, 1.54) is 12.1 Å². The summed E-state index contributed by atoms with van der Waals surface area (Å²) < 4.78 is 26.3. The lowest BCUT2D eigenvalue weighted by molar-refractivity contribution is 0.579. The molecule has 2 rings (SSSR count). The Labute approximate surface area is 138 Å². The molecule has 2 aromatic rings. The van der Waals surface area contributed by atoms with Crippen molar-refractivity contribution in [2.45, 2.75) is 26.8 Å². The van der Waals surface area contributed by atoms with Crippen LogP contribution in [0.4, 0.5) is 8.78 Å². The number of aliphatic imine (C=N–C) groups is 1. The maximum absolute atomic E-state index is 13.1. The lowest BCUT2D eigenvalue weighted by Crippen LogP contribution is -2.37. The molecule has 0 aliphatic carbocycles. The van der Waals surface area contributed by atoms with Crippen LogP contribution in [0.2, 0.25) is 0 Å². The molecule has 0 saturated carbocycles. The Balaban J connectivity index is 1.82. The molecular weight excluding hydrogens is 318 g/mol. The number of benzene rings is 1. The van der Waals surface area contributed by atoms with E-state index in [-0.39, 0.29) is 0 Å². The summed E-state index contributed by atoms with van der Waals surface area (Å²) in [4.78, 5) is 9.68. The van der Waals surface area contributed by atoms with Gasteiger partial charge in [0, 0.05) is 24.5 Å². The molecule has 0 atom stereocenters. The van der Waals surface area contributed by atoms with Crippen molar-refractivity contribution in [2.75, 3.05) is 13.6 Å². The minimum Gasteiger partial charge on any atom is -0.356 e. The molecule has 0 amide bonds. The van der Waals surface area contributed by atoms with Gasteiger partial charge in [0.25, 0.3) is 0 Å². The molecule has 1 aromatic carbocycles. The number of hydrogen-bond donors (Lipinski definition) is 2. The molecule has 7 heteroatoms. The van der Waals surface area contributed by atoms with Crippen molar-refractivity contribution in [1.29, 1.82) is 0 Å². The zero-order chi connectivity index (χ0) is 16.8. The van der Waals surface area contributed by atoms with Crippen LogP contribution < -0.4 is 10.6 Å². The van der Waals surface area contributed by atoms with Crippen molar-refractivity contribution in [1.82, 2.24) is 15.6 Å². The third kappa shape index (κ3) is 5.28. The molecule has 0 aliphatic heterocycles. The average Bonchev–Trinajstić information content (AvgIpc) is 2.79. The van der Waals surface area contributed by atoms with Crippen molar-refractivity contribution >= 4 is 17.3 Å². The Hall–Kier alpha value is -2.02. The van der Waals surface area contributed by atoms with Gasteiger partial charge in [0.05, 0.1) is 17.2 Å². The van der Waals surface area contributed by atoms with Crippen LogP contribution >= 0.6 is 11.3 Å². The zero-order valence-electron chi connectivity index (χ0n) is 13.4. The summed E-state index contributed by atoms with van der Waals surface area (Å²) >= 11 is 1.65. The van der Waals surface area contributed by atoms with Crippen LogP contribution in [0.1, 0.15) is 21.1 Å². The highest BCUT2D eigenvalue weighted by Crippen LogP contribution is 2.16. The third-order valence-electron chi connectivity index (χ3n) is 3.27. The van der Waals surface area contributed by atoms with Crippen molar-refractivity contribution in [3.8, 4) is 0 Å². The summed E-state index contributed by atoms with van der Waals surface area (Å²) in [5, 5.41) is 7.38. The number of nitrogens with zero attached hydrogens (tertiary/aromatic N) is 2. The fourth-order valence-electron chi connectivity index (χ4n) is 2.20. The van der Waals surface area contributed by atoms with Crippen LogP contribution in [0.3, 0.4) is 0 Å². The molecule has 0 radical (unpaired) electrons. The highest BCUT2D eigenvalue weighted by atomic mass is 32.1. The minimum absolute atomic E-state index is 0.508. The van der Waals surface area contributed by atoms with Gasteiger partial charge in [0.1, 0.15) is 11.6 Å². The molecule has 1 aromatic heterocycles. The second-order valence-corrected chi connectivity index (χ2v) is 6.41. The molecule has 0 aliphatic rings. The lowest BCUT2D eigenvalue weighted by atomic mass is 10.1. The summed E-state index contributed by atoms with van der Waals surface area (Å²) in [6, 6.07) is 3.55. The largest absolute Gasteiger partial charge is 0.356 e. The van der Waals surface area contributed by atoms with Crippen molar-refractivity contribution in [3.63, 3.8) is 0 Å². The first-order chi connectivity index (χ1) is 11.0. The van der Waals surface area contributed by atoms with E-state index in [0.29, 0.717) is 31.0 Å².